The van der Waals surface area contributed by atoms with Crippen molar-refractivity contribution in [3.63, 3.8) is 0 Å². The maximum absolute atomic E-state index is 11.7. The van der Waals surface area contributed by atoms with Crippen LogP contribution in [0.5, 0.6) is 0 Å². The third kappa shape index (κ3) is 3.03. The van der Waals surface area contributed by atoms with E-state index in [0.29, 0.717) is 10.1 Å². The molecule has 19 heavy (non-hydrogen) atoms. The van der Waals surface area contributed by atoms with Gasteiger partial charge >= 0.3 is 5.97 Å². The molecule has 0 unspecified atom stereocenters. The van der Waals surface area contributed by atoms with E-state index in [4.69, 9.17) is 5.11 Å². The van der Waals surface area contributed by atoms with Gasteiger partial charge in [0.05, 0.1) is 10.5 Å². The van der Waals surface area contributed by atoms with Crippen molar-refractivity contribution in [1.29, 1.82) is 0 Å². The van der Waals surface area contributed by atoms with Crippen molar-refractivity contribution in [2.75, 3.05) is 14.1 Å². The molecule has 0 aromatic heterocycles. The molecule has 1 amide bonds. The van der Waals surface area contributed by atoms with E-state index in [2.05, 4.69) is 4.99 Å². The zero-order valence-corrected chi connectivity index (χ0v) is 11.3. The summed E-state index contributed by atoms with van der Waals surface area (Å²) < 4.78 is 0. The van der Waals surface area contributed by atoms with Crippen LogP contribution < -0.4 is 0 Å². The molecule has 0 saturated carbocycles. The third-order valence-electron chi connectivity index (χ3n) is 2.45. The Morgan fingerprint density at radius 2 is 1.95 bits per heavy atom. The maximum atomic E-state index is 11.7. The largest absolute Gasteiger partial charge is 0.478 e. The Bertz CT molecular complexity index is 588. The smallest absolute Gasteiger partial charge is 0.335 e. The first-order chi connectivity index (χ1) is 8.97. The maximum Gasteiger partial charge on any atom is 0.335 e. The van der Waals surface area contributed by atoms with Crippen LogP contribution in [0.3, 0.4) is 0 Å². The molecule has 0 fully saturated rings. The number of rotatable bonds is 2. The third-order valence-corrected chi connectivity index (χ3v) is 3.60. The van der Waals surface area contributed by atoms with Crippen molar-refractivity contribution in [2.24, 2.45) is 4.99 Å². The van der Waals surface area contributed by atoms with Crippen LogP contribution >= 0.6 is 11.8 Å². The normalized spacial score (nSPS) is 16.6. The highest BCUT2D eigenvalue weighted by Gasteiger charge is 2.22. The molecule has 0 aliphatic carbocycles. The van der Waals surface area contributed by atoms with Crippen molar-refractivity contribution < 1.29 is 14.7 Å². The summed E-state index contributed by atoms with van der Waals surface area (Å²) in [5.74, 6) is -1.24. The number of nitrogens with zero attached hydrogens (tertiary/aromatic N) is 2. The molecule has 0 spiro atoms. The fourth-order valence-electron chi connectivity index (χ4n) is 1.46. The second-order valence-electron chi connectivity index (χ2n) is 4.13. The van der Waals surface area contributed by atoms with Crippen molar-refractivity contribution >= 4 is 34.9 Å². The van der Waals surface area contributed by atoms with Gasteiger partial charge in [-0.3, -0.25) is 4.79 Å². The van der Waals surface area contributed by atoms with E-state index in [9.17, 15) is 9.59 Å². The highest BCUT2D eigenvalue weighted by Crippen LogP contribution is 2.29. The Morgan fingerprint density at radius 3 is 2.42 bits per heavy atom. The lowest BCUT2D eigenvalue weighted by Crippen LogP contribution is -2.16. The molecule has 1 aromatic carbocycles. The molecule has 0 radical (unpaired) electrons. The first kappa shape index (κ1) is 13.4. The Labute approximate surface area is 114 Å². The van der Waals surface area contributed by atoms with Crippen molar-refractivity contribution in [3.8, 4) is 0 Å². The summed E-state index contributed by atoms with van der Waals surface area (Å²) in [6.07, 6.45) is 1.71. The monoisotopic (exact) mass is 276 g/mol. The van der Waals surface area contributed by atoms with Gasteiger partial charge in [-0.25, -0.2) is 4.79 Å². The SMILES string of the molecule is CN(C)C1=NC(=O)/C(=C/c2ccc(C(=O)O)cc2)S1. The van der Waals surface area contributed by atoms with Gasteiger partial charge in [-0.15, -0.1) is 0 Å². The number of carbonyl (C=O) groups excluding carboxylic acids is 1. The average molecular weight is 276 g/mol. The Balaban J connectivity index is 2.19. The number of carboxylic acids is 1. The van der Waals surface area contributed by atoms with Crippen LogP contribution in [0.15, 0.2) is 34.2 Å². The molecule has 1 aromatic rings. The van der Waals surface area contributed by atoms with Gasteiger partial charge in [0.25, 0.3) is 5.91 Å². The lowest BCUT2D eigenvalue weighted by molar-refractivity contribution is -0.113. The first-order valence-electron chi connectivity index (χ1n) is 5.50. The van der Waals surface area contributed by atoms with Crippen LogP contribution in [0, 0.1) is 0 Å². The van der Waals surface area contributed by atoms with E-state index in [0.717, 1.165) is 5.56 Å². The molecule has 0 atom stereocenters. The van der Waals surface area contributed by atoms with Gasteiger partial charge in [0, 0.05) is 14.1 Å². The van der Waals surface area contributed by atoms with Gasteiger partial charge < -0.3 is 10.0 Å². The molecular weight excluding hydrogens is 264 g/mol. The standard InChI is InChI=1S/C13H12N2O3S/c1-15(2)13-14-11(16)10(19-13)7-8-3-5-9(6-4-8)12(17)18/h3-7H,1-2H3,(H,17,18)/b10-7-. The van der Waals surface area contributed by atoms with Crippen molar-refractivity contribution in [2.45, 2.75) is 0 Å². The first-order valence-corrected chi connectivity index (χ1v) is 6.32. The molecule has 2 rings (SSSR count). The molecule has 0 saturated heterocycles. The van der Waals surface area contributed by atoms with Gasteiger partial charge in [0.15, 0.2) is 5.17 Å². The predicted molar refractivity (Wildman–Crippen MR) is 75.1 cm³/mol. The number of hydrogen-bond acceptors (Lipinski definition) is 4. The molecule has 1 aliphatic rings. The number of carbonyl (C=O) groups is 2. The van der Waals surface area contributed by atoms with Crippen LogP contribution in [0.2, 0.25) is 0 Å². The number of thioether (sulfide) groups is 1. The van der Waals surface area contributed by atoms with Gasteiger partial charge in [-0.2, -0.15) is 4.99 Å². The lowest BCUT2D eigenvalue weighted by atomic mass is 10.1. The van der Waals surface area contributed by atoms with E-state index in [-0.39, 0.29) is 11.5 Å². The van der Waals surface area contributed by atoms with Crippen LogP contribution in [0.1, 0.15) is 15.9 Å². The summed E-state index contributed by atoms with van der Waals surface area (Å²) in [4.78, 5) is 28.6. The second kappa shape index (κ2) is 5.27. The molecule has 1 heterocycles. The summed E-state index contributed by atoms with van der Waals surface area (Å²) in [6, 6.07) is 6.34. The summed E-state index contributed by atoms with van der Waals surface area (Å²) in [5, 5.41) is 9.45. The minimum atomic E-state index is -0.969. The predicted octanol–water partition coefficient (Wildman–Crippen LogP) is 1.92. The summed E-state index contributed by atoms with van der Waals surface area (Å²) in [7, 11) is 3.65. The zero-order valence-electron chi connectivity index (χ0n) is 10.5. The van der Waals surface area contributed by atoms with Crippen LogP contribution in [0.4, 0.5) is 0 Å². The lowest BCUT2D eigenvalue weighted by Gasteiger charge is -2.08. The van der Waals surface area contributed by atoms with E-state index < -0.39 is 5.97 Å². The highest BCUT2D eigenvalue weighted by atomic mass is 32.2. The molecule has 0 bridgehead atoms. The van der Waals surface area contributed by atoms with E-state index in [1.807, 2.05) is 14.1 Å². The van der Waals surface area contributed by atoms with Gasteiger partial charge in [0.1, 0.15) is 0 Å². The molecule has 5 nitrogen and oxygen atoms in total. The van der Waals surface area contributed by atoms with Gasteiger partial charge in [-0.05, 0) is 35.5 Å². The van der Waals surface area contributed by atoms with Gasteiger partial charge in [0.2, 0.25) is 0 Å². The minimum Gasteiger partial charge on any atom is -0.478 e. The minimum absolute atomic E-state index is 0.220. The van der Waals surface area contributed by atoms with E-state index in [1.165, 1.54) is 23.9 Å². The fourth-order valence-corrected chi connectivity index (χ4v) is 2.30. The molecule has 1 aliphatic heterocycles. The van der Waals surface area contributed by atoms with Gasteiger partial charge in [-0.1, -0.05) is 12.1 Å². The number of hydrogen-bond donors (Lipinski definition) is 1. The van der Waals surface area contributed by atoms with Crippen molar-refractivity contribution in [3.05, 3.63) is 40.3 Å². The highest BCUT2D eigenvalue weighted by molar-refractivity contribution is 8.18. The Morgan fingerprint density at radius 1 is 1.32 bits per heavy atom. The number of amidine groups is 1. The molecular formula is C13H12N2O3S. The fraction of sp³-hybridized carbons (Fsp3) is 0.154. The molecule has 6 heteroatoms. The van der Waals surface area contributed by atoms with Crippen molar-refractivity contribution in [1.82, 2.24) is 4.90 Å². The summed E-state index contributed by atoms with van der Waals surface area (Å²) >= 11 is 1.30. The average Bonchev–Trinajstić information content (AvgIpc) is 2.72. The second-order valence-corrected chi connectivity index (χ2v) is 5.14. The number of aromatic carboxylic acids is 1. The Hall–Kier alpha value is -2.08. The van der Waals surface area contributed by atoms with E-state index in [1.54, 1.807) is 23.1 Å². The molecule has 1 N–H and O–H groups in total. The Kier molecular flexibility index (Phi) is 3.71. The quantitative estimate of drug-likeness (QED) is 0.836. The topological polar surface area (TPSA) is 70.0 Å². The molecule has 98 valence electrons. The number of amides is 1. The zero-order chi connectivity index (χ0) is 14.0. The summed E-state index contributed by atoms with van der Waals surface area (Å²) in [5.41, 5.74) is 0.994. The van der Waals surface area contributed by atoms with Crippen LogP contribution in [-0.4, -0.2) is 41.1 Å². The number of aliphatic imine (C=N–C) groups is 1. The number of benzene rings is 1. The number of carboxylic acid groups (broad SMARTS) is 1. The van der Waals surface area contributed by atoms with E-state index >= 15 is 0 Å². The van der Waals surface area contributed by atoms with Crippen LogP contribution in [0.25, 0.3) is 6.08 Å². The summed E-state index contributed by atoms with van der Waals surface area (Å²) in [6.45, 7) is 0. The van der Waals surface area contributed by atoms with Crippen LogP contribution in [-0.2, 0) is 4.79 Å².